The second-order valence-electron chi connectivity index (χ2n) is 3.90. The number of hydrogen-bond donors (Lipinski definition) is 2. The van der Waals surface area contributed by atoms with Crippen molar-refractivity contribution in [3.8, 4) is 5.75 Å². The second kappa shape index (κ2) is 6.03. The number of hydrazine groups is 1. The summed E-state index contributed by atoms with van der Waals surface area (Å²) in [6, 6.07) is 5.49. The van der Waals surface area contributed by atoms with Crippen LogP contribution < -0.4 is 15.9 Å². The topological polar surface area (TPSA) is 50.5 Å². The zero-order valence-electron chi connectivity index (χ0n) is 10.2. The zero-order chi connectivity index (χ0) is 13.8. The first-order valence-corrected chi connectivity index (χ1v) is 5.31. The van der Waals surface area contributed by atoms with Crippen molar-refractivity contribution >= 4 is 0 Å². The Kier molecular flexibility index (Phi) is 4.94. The molecule has 1 rings (SSSR count). The zero-order valence-corrected chi connectivity index (χ0v) is 10.2. The van der Waals surface area contributed by atoms with Crippen LogP contribution in [-0.4, -0.2) is 32.0 Å². The molecule has 0 heterocycles. The SMILES string of the molecule is CN(C)NC(CN)c1ccccc1OC(F)(F)F. The smallest absolute Gasteiger partial charge is 0.405 e. The lowest BCUT2D eigenvalue weighted by molar-refractivity contribution is -0.275. The van der Waals surface area contributed by atoms with Crippen LogP contribution in [0.25, 0.3) is 0 Å². The van der Waals surface area contributed by atoms with Crippen molar-refractivity contribution in [3.63, 3.8) is 0 Å². The van der Waals surface area contributed by atoms with Gasteiger partial charge < -0.3 is 10.5 Å². The molecule has 1 unspecified atom stereocenters. The molecule has 0 aliphatic carbocycles. The molecule has 0 fully saturated rings. The Balaban J connectivity index is 2.99. The summed E-state index contributed by atoms with van der Waals surface area (Å²) >= 11 is 0. The molecule has 0 aliphatic heterocycles. The summed E-state index contributed by atoms with van der Waals surface area (Å²) in [5.74, 6) is -0.241. The molecule has 0 aromatic heterocycles. The van der Waals surface area contributed by atoms with Gasteiger partial charge in [0.1, 0.15) is 5.75 Å². The third-order valence-corrected chi connectivity index (χ3v) is 2.17. The Labute approximate surface area is 103 Å². The maximum Gasteiger partial charge on any atom is 0.573 e. The molecule has 0 saturated carbocycles. The molecule has 1 aromatic rings. The van der Waals surface area contributed by atoms with Gasteiger partial charge >= 0.3 is 6.36 Å². The molecule has 0 saturated heterocycles. The lowest BCUT2D eigenvalue weighted by atomic mass is 10.1. The van der Waals surface area contributed by atoms with E-state index in [4.69, 9.17) is 5.73 Å². The molecule has 0 aliphatic rings. The minimum atomic E-state index is -4.71. The molecule has 7 heteroatoms. The average molecular weight is 263 g/mol. The van der Waals surface area contributed by atoms with E-state index in [9.17, 15) is 13.2 Å². The largest absolute Gasteiger partial charge is 0.573 e. The molecule has 3 N–H and O–H groups in total. The maximum atomic E-state index is 12.3. The van der Waals surface area contributed by atoms with Gasteiger partial charge in [0.25, 0.3) is 0 Å². The highest BCUT2D eigenvalue weighted by Crippen LogP contribution is 2.29. The Hall–Kier alpha value is -1.31. The second-order valence-corrected chi connectivity index (χ2v) is 3.90. The van der Waals surface area contributed by atoms with Crippen molar-refractivity contribution in [1.82, 2.24) is 10.4 Å². The van der Waals surface area contributed by atoms with E-state index in [0.29, 0.717) is 5.56 Å². The van der Waals surface area contributed by atoms with Crippen molar-refractivity contribution in [2.45, 2.75) is 12.4 Å². The summed E-state index contributed by atoms with van der Waals surface area (Å²) in [6.07, 6.45) is -4.71. The lowest BCUT2D eigenvalue weighted by Crippen LogP contribution is -2.38. The number of benzene rings is 1. The van der Waals surface area contributed by atoms with Crippen molar-refractivity contribution < 1.29 is 17.9 Å². The van der Waals surface area contributed by atoms with Gasteiger partial charge in [-0.25, -0.2) is 10.4 Å². The van der Waals surface area contributed by atoms with Gasteiger partial charge in [-0.2, -0.15) is 0 Å². The minimum absolute atomic E-state index is 0.149. The van der Waals surface area contributed by atoms with Crippen LogP contribution in [0.15, 0.2) is 24.3 Å². The Morgan fingerprint density at radius 3 is 2.44 bits per heavy atom. The summed E-state index contributed by atoms with van der Waals surface area (Å²) in [4.78, 5) is 0. The monoisotopic (exact) mass is 263 g/mol. The normalized spacial score (nSPS) is 13.7. The summed E-state index contributed by atoms with van der Waals surface area (Å²) in [5, 5.41) is 1.63. The molecule has 1 aromatic carbocycles. The van der Waals surface area contributed by atoms with Crippen LogP contribution in [0.5, 0.6) is 5.75 Å². The molecule has 102 valence electrons. The molecular formula is C11H16F3N3O. The molecule has 1 atom stereocenters. The lowest BCUT2D eigenvalue weighted by Gasteiger charge is -2.24. The van der Waals surface area contributed by atoms with Crippen molar-refractivity contribution in [2.24, 2.45) is 5.73 Å². The third kappa shape index (κ3) is 4.52. The fourth-order valence-electron chi connectivity index (χ4n) is 1.55. The van der Waals surface area contributed by atoms with Gasteiger partial charge in [-0.15, -0.1) is 13.2 Å². The first-order valence-electron chi connectivity index (χ1n) is 5.31. The molecular weight excluding hydrogens is 247 g/mol. The van der Waals surface area contributed by atoms with Crippen LogP contribution in [0.2, 0.25) is 0 Å². The van der Waals surface area contributed by atoms with Gasteiger partial charge in [0.05, 0.1) is 6.04 Å². The summed E-state index contributed by atoms with van der Waals surface area (Å²) in [7, 11) is 3.46. The van der Waals surface area contributed by atoms with E-state index < -0.39 is 12.4 Å². The van der Waals surface area contributed by atoms with E-state index in [1.54, 1.807) is 31.2 Å². The minimum Gasteiger partial charge on any atom is -0.405 e. The van der Waals surface area contributed by atoms with Crippen LogP contribution in [-0.2, 0) is 0 Å². The molecule has 18 heavy (non-hydrogen) atoms. The molecule has 0 spiro atoms. The van der Waals surface area contributed by atoms with Crippen LogP contribution in [0.4, 0.5) is 13.2 Å². The standard InChI is InChI=1S/C11H16F3N3O/c1-17(2)16-9(7-15)8-5-3-4-6-10(8)18-11(12,13)14/h3-6,9,16H,7,15H2,1-2H3. The number of nitrogens with zero attached hydrogens (tertiary/aromatic N) is 1. The van der Waals surface area contributed by atoms with E-state index in [1.807, 2.05) is 0 Å². The van der Waals surface area contributed by atoms with Crippen molar-refractivity contribution in [2.75, 3.05) is 20.6 Å². The number of alkyl halides is 3. The fraction of sp³-hybridized carbons (Fsp3) is 0.455. The number of para-hydroxylation sites is 1. The molecule has 0 radical (unpaired) electrons. The highest BCUT2D eigenvalue weighted by atomic mass is 19.4. The first kappa shape index (κ1) is 14.7. The Bertz CT molecular complexity index is 382. The highest BCUT2D eigenvalue weighted by Gasteiger charge is 2.32. The number of rotatable bonds is 5. The van der Waals surface area contributed by atoms with E-state index >= 15 is 0 Å². The summed E-state index contributed by atoms with van der Waals surface area (Å²) < 4.78 is 40.8. The van der Waals surface area contributed by atoms with Gasteiger partial charge in [-0.05, 0) is 6.07 Å². The van der Waals surface area contributed by atoms with Crippen molar-refractivity contribution in [3.05, 3.63) is 29.8 Å². The third-order valence-electron chi connectivity index (χ3n) is 2.17. The van der Waals surface area contributed by atoms with Crippen LogP contribution in [0.3, 0.4) is 0 Å². The van der Waals surface area contributed by atoms with E-state index in [1.165, 1.54) is 12.1 Å². The molecule has 0 bridgehead atoms. The van der Waals surface area contributed by atoms with Gasteiger partial charge in [-0.3, -0.25) is 0 Å². The number of hydrogen-bond acceptors (Lipinski definition) is 4. The number of halogens is 3. The highest BCUT2D eigenvalue weighted by molar-refractivity contribution is 5.36. The van der Waals surface area contributed by atoms with Gasteiger partial charge in [0, 0.05) is 26.2 Å². The number of nitrogens with one attached hydrogen (secondary N) is 1. The van der Waals surface area contributed by atoms with Crippen LogP contribution >= 0.6 is 0 Å². The average Bonchev–Trinajstić information content (AvgIpc) is 2.24. The molecule has 4 nitrogen and oxygen atoms in total. The molecule has 0 amide bonds. The maximum absolute atomic E-state index is 12.3. The van der Waals surface area contributed by atoms with E-state index in [-0.39, 0.29) is 12.3 Å². The first-order chi connectivity index (χ1) is 8.33. The number of nitrogens with two attached hydrogens (primary N) is 1. The van der Waals surface area contributed by atoms with E-state index in [2.05, 4.69) is 10.2 Å². The van der Waals surface area contributed by atoms with Crippen LogP contribution in [0, 0.1) is 0 Å². The van der Waals surface area contributed by atoms with Gasteiger partial charge in [-0.1, -0.05) is 18.2 Å². The van der Waals surface area contributed by atoms with E-state index in [0.717, 1.165) is 0 Å². The van der Waals surface area contributed by atoms with Crippen molar-refractivity contribution in [1.29, 1.82) is 0 Å². The predicted octanol–water partition coefficient (Wildman–Crippen LogP) is 1.65. The quantitative estimate of drug-likeness (QED) is 0.793. The van der Waals surface area contributed by atoms with Gasteiger partial charge in [0.2, 0.25) is 0 Å². The van der Waals surface area contributed by atoms with Crippen LogP contribution in [0.1, 0.15) is 11.6 Å². The summed E-state index contributed by atoms with van der Waals surface area (Å²) in [6.45, 7) is 0.149. The fourth-order valence-corrected chi connectivity index (χ4v) is 1.55. The Morgan fingerprint density at radius 2 is 1.94 bits per heavy atom. The number of ether oxygens (including phenoxy) is 1. The van der Waals surface area contributed by atoms with Gasteiger partial charge in [0.15, 0.2) is 0 Å². The summed E-state index contributed by atoms with van der Waals surface area (Å²) in [5.41, 5.74) is 8.86. The Morgan fingerprint density at radius 1 is 1.33 bits per heavy atom. The predicted molar refractivity (Wildman–Crippen MR) is 61.7 cm³/mol.